The van der Waals surface area contributed by atoms with Crippen LogP contribution in [0.3, 0.4) is 0 Å². The van der Waals surface area contributed by atoms with Gasteiger partial charge in [-0.15, -0.1) is 0 Å². The van der Waals surface area contributed by atoms with Crippen molar-refractivity contribution in [3.63, 3.8) is 0 Å². The van der Waals surface area contributed by atoms with E-state index in [0.29, 0.717) is 6.61 Å². The van der Waals surface area contributed by atoms with Crippen LogP contribution in [-0.4, -0.2) is 44.9 Å². The lowest BCUT2D eigenvalue weighted by atomic mass is 10.5. The van der Waals surface area contributed by atoms with Gasteiger partial charge in [-0.25, -0.2) is 0 Å². The molecule has 0 heterocycles. The molecule has 7 heteroatoms. The van der Waals surface area contributed by atoms with Gasteiger partial charge >= 0.3 is 0 Å². The Morgan fingerprint density at radius 1 is 1.54 bits per heavy atom. The van der Waals surface area contributed by atoms with E-state index >= 15 is 0 Å². The Balaban J connectivity index is 0. The van der Waals surface area contributed by atoms with E-state index in [0.717, 1.165) is 11.0 Å². The van der Waals surface area contributed by atoms with Crippen LogP contribution >= 0.6 is 8.69 Å². The number of likely N-dealkylation sites (N-methyl/N-ethyl adjacent to an activating group) is 1. The first kappa shape index (κ1) is 14.9. The highest BCUT2D eigenvalue weighted by Gasteiger charge is 2.04. The number of nitrogens with zero attached hydrogens (tertiary/aromatic N) is 1. The fourth-order valence-corrected chi connectivity index (χ4v) is 0.576. The summed E-state index contributed by atoms with van der Waals surface area (Å²) in [6.45, 7) is 1.51. The van der Waals surface area contributed by atoms with Gasteiger partial charge in [0.1, 0.15) is 19.2 Å². The lowest BCUT2D eigenvalue weighted by molar-refractivity contribution is -0.870. The van der Waals surface area contributed by atoms with Crippen molar-refractivity contribution >= 4 is 14.8 Å². The molecule has 0 aromatic rings. The van der Waals surface area contributed by atoms with Crippen LogP contribution in [0.2, 0.25) is 0 Å². The van der Waals surface area contributed by atoms with Crippen molar-refractivity contribution in [2.45, 2.75) is 0 Å². The number of hydrogen-bond donors (Lipinski definition) is 1. The molecule has 1 amide bonds. The number of hydrogen-bond acceptors (Lipinski definition) is 4. The summed E-state index contributed by atoms with van der Waals surface area (Å²) < 4.78 is 15.5. The zero-order chi connectivity index (χ0) is 10.9. The van der Waals surface area contributed by atoms with Gasteiger partial charge in [-0.1, -0.05) is 0 Å². The number of amides is 1. The summed E-state index contributed by atoms with van der Waals surface area (Å²) in [5.41, 5.74) is 3.92. The summed E-state index contributed by atoms with van der Waals surface area (Å²) in [6.07, 6.45) is -1.58. The van der Waals surface area contributed by atoms with Crippen molar-refractivity contribution in [1.29, 1.82) is 0 Å². The van der Waals surface area contributed by atoms with E-state index in [9.17, 15) is 4.57 Å². The third-order valence-corrected chi connectivity index (χ3v) is 1.32. The van der Waals surface area contributed by atoms with Crippen molar-refractivity contribution < 1.29 is 23.5 Å². The molecule has 0 aromatic carbocycles. The first-order chi connectivity index (χ1) is 5.79. The third kappa shape index (κ3) is 34.5. The highest BCUT2D eigenvalue weighted by atomic mass is 31.1. The van der Waals surface area contributed by atoms with Gasteiger partial charge < -0.3 is 24.6 Å². The predicted octanol–water partition coefficient (Wildman–Crippen LogP) is -1.33. The zero-order valence-corrected chi connectivity index (χ0v) is 9.30. The molecule has 0 aliphatic heterocycles. The van der Waals surface area contributed by atoms with Gasteiger partial charge in [0, 0.05) is 0 Å². The van der Waals surface area contributed by atoms with Crippen LogP contribution < -0.4 is 10.8 Å². The monoisotopic (exact) mass is 212 g/mol. The third-order valence-electron chi connectivity index (χ3n) is 0.948. The Morgan fingerprint density at radius 3 is 2.15 bits per heavy atom. The van der Waals surface area contributed by atoms with Gasteiger partial charge in [-0.05, 0) is 0 Å². The number of quaternary nitrogens is 1. The van der Waals surface area contributed by atoms with Crippen LogP contribution in [0, 0.1) is 0 Å². The molecule has 0 aliphatic carbocycles. The molecular weight excluding hydrogens is 195 g/mol. The predicted molar refractivity (Wildman–Crippen MR) is 48.8 cm³/mol. The molecule has 0 saturated carbocycles. The quantitative estimate of drug-likeness (QED) is 0.355. The first-order valence-electron chi connectivity index (χ1n) is 3.61. The molecule has 2 N–H and O–H groups in total. The van der Waals surface area contributed by atoms with Gasteiger partial charge in [-0.3, -0.25) is 4.57 Å². The van der Waals surface area contributed by atoms with Crippen LogP contribution in [0.15, 0.2) is 0 Å². The lowest BCUT2D eigenvalue weighted by Gasteiger charge is -2.22. The summed E-state index contributed by atoms with van der Waals surface area (Å²) in [7, 11) is 5.20. The molecule has 0 rings (SSSR count). The molecule has 1 unspecified atom stereocenters. The minimum absolute atomic E-state index is 0.600. The van der Waals surface area contributed by atoms with Crippen molar-refractivity contribution in [2.24, 2.45) is 5.73 Å². The second kappa shape index (κ2) is 8.04. The molecule has 0 radical (unpaired) electrons. The Kier molecular flexibility index (Phi) is 9.22. The number of rotatable bonds is 4. The molecule has 80 valence electrons. The summed E-state index contributed by atoms with van der Waals surface area (Å²) in [6, 6.07) is 0. The largest absolute Gasteiger partial charge is 0.530 e. The smallest absolute Gasteiger partial charge is 0.180 e. The highest BCUT2D eigenvalue weighted by molar-refractivity contribution is 7.17. The molecule has 0 spiro atoms. The minimum Gasteiger partial charge on any atom is -0.530 e. The molecule has 0 bridgehead atoms. The van der Waals surface area contributed by atoms with E-state index in [1.165, 1.54) is 0 Å². The van der Waals surface area contributed by atoms with E-state index in [4.69, 9.17) is 14.4 Å². The summed E-state index contributed by atoms with van der Waals surface area (Å²) in [5.74, 6) is 0. The Labute approximate surface area is 79.2 Å². The normalized spacial score (nSPS) is 11.0. The molecule has 0 aromatic heterocycles. The van der Waals surface area contributed by atoms with E-state index in [1.54, 1.807) is 0 Å². The second-order valence-corrected chi connectivity index (χ2v) is 3.83. The van der Waals surface area contributed by atoms with Crippen LogP contribution in [0.1, 0.15) is 0 Å². The molecule has 0 aliphatic rings. The number of primary amides is 1. The molecule has 1 atom stereocenters. The van der Waals surface area contributed by atoms with Crippen molar-refractivity contribution in [3.05, 3.63) is 0 Å². The van der Waals surface area contributed by atoms with Gasteiger partial charge in [0.2, 0.25) is 0 Å². The van der Waals surface area contributed by atoms with Gasteiger partial charge in [0.25, 0.3) is 0 Å². The minimum atomic E-state index is -1.58. The maximum atomic E-state index is 9.87. The van der Waals surface area contributed by atoms with Crippen molar-refractivity contribution in [3.8, 4) is 0 Å². The summed E-state index contributed by atoms with van der Waals surface area (Å²) in [5, 5.41) is 8.67. The topological polar surface area (TPSA) is 92.5 Å². The van der Waals surface area contributed by atoms with Crippen LogP contribution in [0.25, 0.3) is 0 Å². The van der Waals surface area contributed by atoms with Crippen LogP contribution in [0.5, 0.6) is 0 Å². The standard InChI is InChI=1S/C5H15NO2P.CH3NO2/c1-6(2,3)4-5-8-9-7;2-1(3)4/h4-5,9H2,1-3H3;2H2,(H,3,4)/q+1;/p-1. The van der Waals surface area contributed by atoms with E-state index < -0.39 is 14.8 Å². The lowest BCUT2D eigenvalue weighted by Crippen LogP contribution is -2.37. The first-order valence-corrected chi connectivity index (χ1v) is 4.56. The maximum Gasteiger partial charge on any atom is 0.180 e. The maximum absolute atomic E-state index is 9.87. The molecule has 13 heavy (non-hydrogen) atoms. The fourth-order valence-electron chi connectivity index (χ4n) is 0.375. The number of carbonyl (C=O) groups is 1. The fraction of sp³-hybridized carbons (Fsp3) is 0.833. The van der Waals surface area contributed by atoms with Crippen molar-refractivity contribution in [1.82, 2.24) is 0 Å². The number of carbonyl (C=O) groups excluding carboxylic acids is 1. The van der Waals surface area contributed by atoms with Crippen LogP contribution in [-0.2, 0) is 9.09 Å². The van der Waals surface area contributed by atoms with Crippen molar-refractivity contribution in [2.75, 3.05) is 34.3 Å². The van der Waals surface area contributed by atoms with Gasteiger partial charge in [-0.2, -0.15) is 0 Å². The second-order valence-electron chi connectivity index (χ2n) is 3.30. The average molecular weight is 212 g/mol. The SMILES string of the molecule is C[N+](C)(C)CCO[PH2]=O.NC(=O)[O-]. The van der Waals surface area contributed by atoms with Gasteiger partial charge in [0.05, 0.1) is 21.1 Å². The van der Waals surface area contributed by atoms with E-state index in [1.807, 2.05) is 0 Å². The molecule has 0 fully saturated rings. The summed E-state index contributed by atoms with van der Waals surface area (Å²) >= 11 is 0. The molecule has 6 nitrogen and oxygen atoms in total. The Hall–Kier alpha value is -0.580. The number of nitrogens with two attached hydrogens (primary N) is 1. The van der Waals surface area contributed by atoms with Gasteiger partial charge in [0.15, 0.2) is 8.69 Å². The van der Waals surface area contributed by atoms with E-state index in [-0.39, 0.29) is 0 Å². The Morgan fingerprint density at radius 2 is 1.92 bits per heavy atom. The van der Waals surface area contributed by atoms with Crippen LogP contribution in [0.4, 0.5) is 4.79 Å². The Bertz CT molecular complexity index is 153. The summed E-state index contributed by atoms with van der Waals surface area (Å²) in [4.78, 5) is 8.67. The van der Waals surface area contributed by atoms with E-state index in [2.05, 4.69) is 26.9 Å². The molecule has 0 saturated heterocycles. The molecular formula is C6H17N2O4P. The highest BCUT2D eigenvalue weighted by Crippen LogP contribution is 1.96. The average Bonchev–Trinajstić information content (AvgIpc) is 1.83. The zero-order valence-electron chi connectivity index (χ0n) is 8.15. The number of carboxylic acid groups (broad SMARTS) is 1.